The van der Waals surface area contributed by atoms with Crippen molar-refractivity contribution in [1.82, 2.24) is 0 Å². The van der Waals surface area contributed by atoms with Crippen LogP contribution in [-0.4, -0.2) is 19.3 Å². The van der Waals surface area contributed by atoms with Crippen molar-refractivity contribution in [2.75, 3.05) is 0 Å². The maximum absolute atomic E-state index is 9.94. The maximum atomic E-state index is 9.94. The Labute approximate surface area is 100.0 Å². The van der Waals surface area contributed by atoms with Crippen LogP contribution in [0.5, 0.6) is 0 Å². The lowest BCUT2D eigenvalue weighted by Crippen LogP contribution is -2.18. The van der Waals surface area contributed by atoms with E-state index in [4.69, 9.17) is 6.42 Å². The van der Waals surface area contributed by atoms with Gasteiger partial charge in [-0.2, -0.15) is 0 Å². The van der Waals surface area contributed by atoms with E-state index < -0.39 is 14.2 Å². The molecule has 1 unspecified atom stereocenters. The minimum Gasteiger partial charge on any atom is -0.376 e. The van der Waals surface area contributed by atoms with Crippen molar-refractivity contribution in [2.45, 2.75) is 51.1 Å². The Balaban J connectivity index is 2.66. The van der Waals surface area contributed by atoms with Crippen molar-refractivity contribution in [2.24, 2.45) is 0 Å². The van der Waals surface area contributed by atoms with Crippen LogP contribution in [0.4, 0.5) is 0 Å². The van der Waals surface area contributed by atoms with Crippen LogP contribution in [0.2, 0.25) is 25.7 Å². The monoisotopic (exact) mass is 232 g/mol. The van der Waals surface area contributed by atoms with Gasteiger partial charge in [-0.15, -0.1) is 12.3 Å². The van der Waals surface area contributed by atoms with E-state index in [-0.39, 0.29) is 0 Å². The third kappa shape index (κ3) is 3.89. The summed E-state index contributed by atoms with van der Waals surface area (Å²) in [5.74, 6) is 8.70. The molecule has 0 spiro atoms. The van der Waals surface area contributed by atoms with Gasteiger partial charge in [0.1, 0.15) is 6.10 Å². The third-order valence-electron chi connectivity index (χ3n) is 2.62. The fourth-order valence-corrected chi connectivity index (χ4v) is 2.37. The number of allylic oxidation sites excluding steroid dienone is 1. The Morgan fingerprint density at radius 2 is 2.06 bits per heavy atom. The van der Waals surface area contributed by atoms with Crippen molar-refractivity contribution in [3.05, 3.63) is 11.1 Å². The van der Waals surface area contributed by atoms with Gasteiger partial charge in [0.2, 0.25) is 0 Å². The lowest BCUT2D eigenvalue weighted by molar-refractivity contribution is 0.265. The predicted molar refractivity (Wildman–Crippen MR) is 71.6 cm³/mol. The fraction of sp³-hybridized carbons (Fsp3) is 0.571. The molecule has 1 N–H and O–H groups in total. The highest BCUT2D eigenvalue weighted by atomic mass is 28.3. The lowest BCUT2D eigenvalue weighted by atomic mass is 10.1. The molecule has 16 heavy (non-hydrogen) atoms. The Bertz CT molecular complexity index is 382. The second kappa shape index (κ2) is 5.39. The van der Waals surface area contributed by atoms with E-state index in [1.54, 1.807) is 0 Å². The minimum absolute atomic E-state index is 0.634. The highest BCUT2D eigenvalue weighted by molar-refractivity contribution is 6.76. The van der Waals surface area contributed by atoms with Crippen molar-refractivity contribution in [1.29, 1.82) is 0 Å². The molecule has 1 aliphatic rings. The van der Waals surface area contributed by atoms with Crippen molar-refractivity contribution in [3.63, 3.8) is 0 Å². The number of rotatable bonds is 2. The van der Waals surface area contributed by atoms with Gasteiger partial charge in [-0.05, 0) is 24.8 Å². The summed E-state index contributed by atoms with van der Waals surface area (Å²) in [6.07, 6.45) is 7.66. The van der Waals surface area contributed by atoms with Crippen molar-refractivity contribution in [3.8, 4) is 24.2 Å². The molecule has 1 nitrogen and oxygen atoms in total. The van der Waals surface area contributed by atoms with Crippen LogP contribution in [0.1, 0.15) is 19.3 Å². The first kappa shape index (κ1) is 13.1. The number of hydrogen-bond donors (Lipinski definition) is 1. The van der Waals surface area contributed by atoms with Crippen molar-refractivity contribution < 1.29 is 5.11 Å². The first-order valence-electron chi connectivity index (χ1n) is 5.79. The molecular formula is C14H20OSi. The Hall–Kier alpha value is -0.963. The van der Waals surface area contributed by atoms with E-state index in [2.05, 4.69) is 37.4 Å². The molecule has 1 aliphatic carbocycles. The molecule has 1 atom stereocenters. The van der Waals surface area contributed by atoms with Crippen molar-refractivity contribution >= 4 is 8.07 Å². The number of terminal acetylenes is 1. The van der Waals surface area contributed by atoms with Gasteiger partial charge < -0.3 is 5.11 Å². The summed E-state index contributed by atoms with van der Waals surface area (Å²) in [5.41, 5.74) is 1.94. The topological polar surface area (TPSA) is 20.2 Å². The number of hydrogen-bond acceptors (Lipinski definition) is 1. The van der Waals surface area contributed by atoms with Gasteiger partial charge in [0.25, 0.3) is 0 Å². The molecule has 0 saturated heterocycles. The van der Waals surface area contributed by atoms with Crippen LogP contribution >= 0.6 is 0 Å². The molecule has 2 heteroatoms. The average Bonchev–Trinajstić information content (AvgIpc) is 2.63. The molecule has 1 rings (SSSR count). The SMILES string of the molecule is C#CC1=C(C(O)C#CC[Si](C)(C)C)CCC1. The molecule has 86 valence electrons. The summed E-state index contributed by atoms with van der Waals surface area (Å²) < 4.78 is 0. The third-order valence-corrected chi connectivity index (χ3v) is 3.86. The Kier molecular flexibility index (Phi) is 4.41. The first-order valence-corrected chi connectivity index (χ1v) is 9.50. The van der Waals surface area contributed by atoms with E-state index in [0.29, 0.717) is 0 Å². The van der Waals surface area contributed by atoms with Crippen LogP contribution in [0.15, 0.2) is 11.1 Å². The molecule has 0 amide bonds. The minimum atomic E-state index is -1.13. The Morgan fingerprint density at radius 3 is 2.62 bits per heavy atom. The molecular weight excluding hydrogens is 212 g/mol. The number of aliphatic hydroxyl groups is 1. The van der Waals surface area contributed by atoms with Crippen LogP contribution in [0, 0.1) is 24.2 Å². The molecule has 0 aromatic heterocycles. The van der Waals surface area contributed by atoms with E-state index in [9.17, 15) is 5.11 Å². The van der Waals surface area contributed by atoms with E-state index in [1.165, 1.54) is 0 Å². The summed E-state index contributed by atoms with van der Waals surface area (Å²) in [6, 6.07) is 0.933. The first-order chi connectivity index (χ1) is 7.44. The van der Waals surface area contributed by atoms with Gasteiger partial charge in [0, 0.05) is 11.6 Å². The van der Waals surface area contributed by atoms with Crippen LogP contribution < -0.4 is 0 Å². The molecule has 0 radical (unpaired) electrons. The van der Waals surface area contributed by atoms with Gasteiger partial charge in [0.15, 0.2) is 0 Å². The van der Waals surface area contributed by atoms with E-state index >= 15 is 0 Å². The molecule has 0 aromatic carbocycles. The second-order valence-corrected chi connectivity index (χ2v) is 10.9. The van der Waals surface area contributed by atoms with E-state index in [0.717, 1.165) is 36.5 Å². The highest BCUT2D eigenvalue weighted by Gasteiger charge is 2.18. The highest BCUT2D eigenvalue weighted by Crippen LogP contribution is 2.27. The van der Waals surface area contributed by atoms with E-state index in [1.807, 2.05) is 0 Å². The second-order valence-electron chi connectivity index (χ2n) is 5.46. The lowest BCUT2D eigenvalue weighted by Gasteiger charge is -2.10. The smallest absolute Gasteiger partial charge is 0.137 e. The van der Waals surface area contributed by atoms with Gasteiger partial charge in [-0.25, -0.2) is 0 Å². The molecule has 0 saturated carbocycles. The average molecular weight is 232 g/mol. The van der Waals surface area contributed by atoms with Crippen LogP contribution in [0.25, 0.3) is 0 Å². The van der Waals surface area contributed by atoms with Gasteiger partial charge in [-0.3, -0.25) is 0 Å². The normalized spacial score (nSPS) is 17.7. The quantitative estimate of drug-likeness (QED) is 0.573. The van der Waals surface area contributed by atoms with Crippen LogP contribution in [0.3, 0.4) is 0 Å². The molecule has 0 heterocycles. The molecule has 0 bridgehead atoms. The number of aliphatic hydroxyl groups excluding tert-OH is 1. The summed E-state index contributed by atoms with van der Waals surface area (Å²) in [5, 5.41) is 9.94. The van der Waals surface area contributed by atoms with Gasteiger partial charge in [-0.1, -0.05) is 31.5 Å². The molecule has 0 fully saturated rings. The Morgan fingerprint density at radius 1 is 1.38 bits per heavy atom. The standard InChI is InChI=1S/C14H20OSi/c1-5-12-8-6-9-13(12)14(15)10-7-11-16(2,3)4/h1,14-15H,6,8-9,11H2,2-4H3. The summed E-state index contributed by atoms with van der Waals surface area (Å²) in [4.78, 5) is 0. The largest absolute Gasteiger partial charge is 0.376 e. The maximum Gasteiger partial charge on any atom is 0.137 e. The summed E-state index contributed by atoms with van der Waals surface area (Å²) in [7, 11) is -1.13. The molecule has 0 aromatic rings. The zero-order valence-corrected chi connectivity index (χ0v) is 11.4. The molecule has 0 aliphatic heterocycles. The zero-order chi connectivity index (χ0) is 12.2. The summed E-state index contributed by atoms with van der Waals surface area (Å²) >= 11 is 0. The predicted octanol–water partition coefficient (Wildman–Crippen LogP) is 2.80. The van der Waals surface area contributed by atoms with Gasteiger partial charge in [0.05, 0.1) is 8.07 Å². The summed E-state index contributed by atoms with van der Waals surface area (Å²) in [6.45, 7) is 6.82. The van der Waals surface area contributed by atoms with Crippen LogP contribution in [-0.2, 0) is 0 Å². The zero-order valence-electron chi connectivity index (χ0n) is 10.4. The van der Waals surface area contributed by atoms with Gasteiger partial charge >= 0.3 is 0 Å². The fourth-order valence-electron chi connectivity index (χ4n) is 1.73.